The van der Waals surface area contributed by atoms with Gasteiger partial charge in [0.05, 0.1) is 6.61 Å². The van der Waals surface area contributed by atoms with Crippen LogP contribution in [0.5, 0.6) is 5.75 Å². The molecule has 0 fully saturated rings. The summed E-state index contributed by atoms with van der Waals surface area (Å²) in [6.45, 7) is 2.72. The lowest BCUT2D eigenvalue weighted by molar-refractivity contribution is 0.104. The molecule has 21 heavy (non-hydrogen) atoms. The number of ether oxygens (including phenoxy) is 1. The highest BCUT2D eigenvalue weighted by molar-refractivity contribution is 6.30. The Hall–Kier alpha value is -2.06. The number of ketones is 1. The monoisotopic (exact) mass is 300 g/mol. The van der Waals surface area contributed by atoms with Crippen molar-refractivity contribution in [2.75, 3.05) is 6.61 Å². The van der Waals surface area contributed by atoms with Crippen LogP contribution in [0.4, 0.5) is 0 Å². The maximum Gasteiger partial charge on any atom is 0.185 e. The van der Waals surface area contributed by atoms with Crippen molar-refractivity contribution >= 4 is 23.5 Å². The van der Waals surface area contributed by atoms with Gasteiger partial charge in [0.15, 0.2) is 5.78 Å². The maximum atomic E-state index is 12.1. The quantitative estimate of drug-likeness (QED) is 0.553. The zero-order chi connectivity index (χ0) is 15.1. The van der Waals surface area contributed by atoms with E-state index in [9.17, 15) is 4.79 Å². The summed E-state index contributed by atoms with van der Waals surface area (Å²) in [6, 6.07) is 14.5. The van der Waals surface area contributed by atoms with Crippen molar-refractivity contribution in [3.63, 3.8) is 0 Å². The van der Waals surface area contributed by atoms with Crippen LogP contribution in [-0.4, -0.2) is 12.4 Å². The Morgan fingerprint density at radius 2 is 1.86 bits per heavy atom. The Labute approximate surface area is 130 Å². The van der Waals surface area contributed by atoms with Gasteiger partial charge in [0.2, 0.25) is 0 Å². The Balaban J connectivity index is 2.13. The molecule has 0 spiro atoms. The van der Waals surface area contributed by atoms with E-state index in [4.69, 9.17) is 16.3 Å². The summed E-state index contributed by atoms with van der Waals surface area (Å²) < 4.78 is 5.66. The average Bonchev–Trinajstić information content (AvgIpc) is 2.52. The lowest BCUT2D eigenvalue weighted by Gasteiger charge is -2.07. The summed E-state index contributed by atoms with van der Waals surface area (Å²) in [7, 11) is 0. The molecule has 0 aromatic heterocycles. The summed E-state index contributed by atoms with van der Waals surface area (Å²) in [6.07, 6.45) is 4.28. The number of rotatable bonds is 6. The molecule has 0 aliphatic heterocycles. The molecule has 0 N–H and O–H groups in total. The Kier molecular flexibility index (Phi) is 5.59. The fraction of sp³-hybridized carbons (Fsp3) is 0.167. The second kappa shape index (κ2) is 7.65. The minimum atomic E-state index is -0.0584. The van der Waals surface area contributed by atoms with E-state index in [0.717, 1.165) is 17.7 Å². The molecule has 0 aliphatic carbocycles. The number of hydrogen-bond acceptors (Lipinski definition) is 2. The van der Waals surface area contributed by atoms with Gasteiger partial charge in [-0.3, -0.25) is 4.79 Å². The molecule has 0 saturated heterocycles. The van der Waals surface area contributed by atoms with Crippen molar-refractivity contribution in [1.29, 1.82) is 0 Å². The zero-order valence-corrected chi connectivity index (χ0v) is 12.6. The molecule has 0 atom stereocenters. The van der Waals surface area contributed by atoms with Crippen LogP contribution in [0.15, 0.2) is 54.6 Å². The van der Waals surface area contributed by atoms with Crippen molar-refractivity contribution in [3.05, 3.63) is 70.8 Å². The van der Waals surface area contributed by atoms with Gasteiger partial charge < -0.3 is 4.74 Å². The van der Waals surface area contributed by atoms with Crippen molar-refractivity contribution in [1.82, 2.24) is 0 Å². The third-order valence-electron chi connectivity index (χ3n) is 2.92. The predicted molar refractivity (Wildman–Crippen MR) is 87.0 cm³/mol. The van der Waals surface area contributed by atoms with Crippen molar-refractivity contribution in [3.8, 4) is 5.75 Å². The SMILES string of the molecule is CCCOc1ccccc1/C=C\C(=O)c1ccc(Cl)cc1. The van der Waals surface area contributed by atoms with E-state index < -0.39 is 0 Å². The van der Waals surface area contributed by atoms with Gasteiger partial charge in [-0.2, -0.15) is 0 Å². The van der Waals surface area contributed by atoms with Gasteiger partial charge in [0.25, 0.3) is 0 Å². The molecule has 2 nitrogen and oxygen atoms in total. The average molecular weight is 301 g/mol. The number of allylic oxidation sites excluding steroid dienone is 1. The first-order chi connectivity index (χ1) is 10.2. The molecular formula is C18H17ClO2. The van der Waals surface area contributed by atoms with E-state index in [1.807, 2.05) is 24.3 Å². The molecule has 0 bridgehead atoms. The van der Waals surface area contributed by atoms with Crippen LogP contribution >= 0.6 is 11.6 Å². The molecule has 2 aromatic rings. The van der Waals surface area contributed by atoms with E-state index >= 15 is 0 Å². The molecule has 2 rings (SSSR count). The molecule has 0 radical (unpaired) electrons. The highest BCUT2D eigenvalue weighted by Gasteiger charge is 2.03. The van der Waals surface area contributed by atoms with Crippen LogP contribution < -0.4 is 4.74 Å². The van der Waals surface area contributed by atoms with Crippen LogP contribution in [0.3, 0.4) is 0 Å². The van der Waals surface area contributed by atoms with Gasteiger partial charge in [0, 0.05) is 16.1 Å². The molecule has 0 amide bonds. The van der Waals surface area contributed by atoms with E-state index in [1.54, 1.807) is 36.4 Å². The predicted octanol–water partition coefficient (Wildman–Crippen LogP) is 5.02. The van der Waals surface area contributed by atoms with E-state index in [2.05, 4.69) is 6.92 Å². The van der Waals surface area contributed by atoms with E-state index in [1.165, 1.54) is 0 Å². The second-order valence-electron chi connectivity index (χ2n) is 4.59. The number of hydrogen-bond donors (Lipinski definition) is 0. The third-order valence-corrected chi connectivity index (χ3v) is 3.18. The number of carbonyl (C=O) groups is 1. The van der Waals surface area contributed by atoms with Crippen LogP contribution in [0.25, 0.3) is 6.08 Å². The Morgan fingerprint density at radius 3 is 2.57 bits per heavy atom. The molecule has 0 saturated carbocycles. The largest absolute Gasteiger partial charge is 0.493 e. The lowest BCUT2D eigenvalue weighted by Crippen LogP contribution is -1.97. The van der Waals surface area contributed by atoms with E-state index in [0.29, 0.717) is 17.2 Å². The van der Waals surface area contributed by atoms with Gasteiger partial charge in [-0.05, 0) is 48.9 Å². The van der Waals surface area contributed by atoms with Crippen LogP contribution in [-0.2, 0) is 0 Å². The van der Waals surface area contributed by atoms with Gasteiger partial charge in [0.1, 0.15) is 5.75 Å². The molecule has 0 heterocycles. The molecule has 108 valence electrons. The number of halogens is 1. The highest BCUT2D eigenvalue weighted by atomic mass is 35.5. The maximum absolute atomic E-state index is 12.1. The van der Waals surface area contributed by atoms with Crippen LogP contribution in [0, 0.1) is 0 Å². The van der Waals surface area contributed by atoms with Crippen LogP contribution in [0.2, 0.25) is 5.02 Å². The van der Waals surface area contributed by atoms with Gasteiger partial charge in [-0.25, -0.2) is 0 Å². The normalized spacial score (nSPS) is 10.8. The topological polar surface area (TPSA) is 26.3 Å². The first-order valence-corrected chi connectivity index (χ1v) is 7.28. The molecule has 0 aliphatic rings. The van der Waals surface area contributed by atoms with Gasteiger partial charge in [-0.15, -0.1) is 0 Å². The minimum Gasteiger partial charge on any atom is -0.493 e. The van der Waals surface area contributed by atoms with Crippen LogP contribution in [0.1, 0.15) is 29.3 Å². The first kappa shape index (κ1) is 15.3. The second-order valence-corrected chi connectivity index (χ2v) is 5.03. The summed E-state index contributed by atoms with van der Waals surface area (Å²) in [4.78, 5) is 12.1. The standard InChI is InChI=1S/C18H17ClO2/c1-2-13-21-18-6-4-3-5-15(18)9-12-17(20)14-7-10-16(19)11-8-14/h3-12H,2,13H2,1H3/b12-9-. The number of benzene rings is 2. The number of carbonyl (C=O) groups excluding carboxylic acids is 1. The number of para-hydroxylation sites is 1. The Bertz CT molecular complexity index is 630. The summed E-state index contributed by atoms with van der Waals surface area (Å²) in [5, 5.41) is 0.619. The van der Waals surface area contributed by atoms with Crippen molar-refractivity contribution < 1.29 is 9.53 Å². The summed E-state index contributed by atoms with van der Waals surface area (Å²) in [5.74, 6) is 0.733. The smallest absolute Gasteiger partial charge is 0.185 e. The summed E-state index contributed by atoms with van der Waals surface area (Å²) >= 11 is 5.81. The molecule has 2 aromatic carbocycles. The zero-order valence-electron chi connectivity index (χ0n) is 11.9. The molecule has 0 unspecified atom stereocenters. The van der Waals surface area contributed by atoms with Crippen molar-refractivity contribution in [2.24, 2.45) is 0 Å². The fourth-order valence-corrected chi connectivity index (χ4v) is 1.96. The molecule has 3 heteroatoms. The minimum absolute atomic E-state index is 0.0584. The summed E-state index contributed by atoms with van der Waals surface area (Å²) in [5.41, 5.74) is 1.51. The third kappa shape index (κ3) is 4.47. The van der Waals surface area contributed by atoms with Crippen molar-refractivity contribution in [2.45, 2.75) is 13.3 Å². The first-order valence-electron chi connectivity index (χ1n) is 6.90. The van der Waals surface area contributed by atoms with Gasteiger partial charge >= 0.3 is 0 Å². The van der Waals surface area contributed by atoms with E-state index in [-0.39, 0.29) is 5.78 Å². The molecular weight excluding hydrogens is 284 g/mol. The fourth-order valence-electron chi connectivity index (χ4n) is 1.84. The lowest BCUT2D eigenvalue weighted by atomic mass is 10.1. The van der Waals surface area contributed by atoms with Gasteiger partial charge in [-0.1, -0.05) is 36.7 Å². The Morgan fingerprint density at radius 1 is 1.14 bits per heavy atom. The highest BCUT2D eigenvalue weighted by Crippen LogP contribution is 2.20.